The summed E-state index contributed by atoms with van der Waals surface area (Å²) in [5, 5.41) is 13.0. The fourth-order valence-corrected chi connectivity index (χ4v) is 1.26. The standard InChI is InChI=1S/C10H17N3O2/c1-8(14)5-7-12(2)10(15)9-4-6-11-13(9)3/h4,6,8,14H,5,7H2,1-3H3. The Kier molecular flexibility index (Phi) is 3.85. The number of carbonyl (C=O) groups is 1. The second-order valence-electron chi connectivity index (χ2n) is 3.70. The molecule has 1 aromatic rings. The van der Waals surface area contributed by atoms with Crippen LogP contribution in [-0.4, -0.2) is 45.4 Å². The van der Waals surface area contributed by atoms with Crippen LogP contribution >= 0.6 is 0 Å². The molecule has 1 unspecified atom stereocenters. The van der Waals surface area contributed by atoms with E-state index in [1.807, 2.05) is 0 Å². The summed E-state index contributed by atoms with van der Waals surface area (Å²) in [5.74, 6) is -0.0735. The fraction of sp³-hybridized carbons (Fsp3) is 0.600. The smallest absolute Gasteiger partial charge is 0.271 e. The Labute approximate surface area is 89.3 Å². The van der Waals surface area contributed by atoms with Gasteiger partial charge >= 0.3 is 0 Å². The SMILES string of the molecule is CC(O)CCN(C)C(=O)c1ccnn1C. The molecule has 1 atom stereocenters. The lowest BCUT2D eigenvalue weighted by molar-refractivity contribution is 0.0758. The van der Waals surface area contributed by atoms with Crippen molar-refractivity contribution in [2.45, 2.75) is 19.4 Å². The van der Waals surface area contributed by atoms with E-state index in [0.717, 1.165) is 0 Å². The minimum atomic E-state index is -0.383. The van der Waals surface area contributed by atoms with Crippen molar-refractivity contribution in [3.8, 4) is 0 Å². The lowest BCUT2D eigenvalue weighted by Crippen LogP contribution is -2.30. The van der Waals surface area contributed by atoms with E-state index in [9.17, 15) is 4.79 Å². The molecule has 1 heterocycles. The Morgan fingerprint density at radius 2 is 2.40 bits per heavy atom. The number of hydrogen-bond acceptors (Lipinski definition) is 3. The van der Waals surface area contributed by atoms with E-state index in [4.69, 9.17) is 5.11 Å². The summed E-state index contributed by atoms with van der Waals surface area (Å²) in [5.41, 5.74) is 0.558. The highest BCUT2D eigenvalue weighted by atomic mass is 16.3. The summed E-state index contributed by atoms with van der Waals surface area (Å²) in [4.78, 5) is 13.4. The van der Waals surface area contributed by atoms with E-state index in [2.05, 4.69) is 5.10 Å². The third-order valence-electron chi connectivity index (χ3n) is 2.27. The second-order valence-corrected chi connectivity index (χ2v) is 3.70. The van der Waals surface area contributed by atoms with Crippen molar-refractivity contribution < 1.29 is 9.90 Å². The van der Waals surface area contributed by atoms with E-state index in [1.165, 1.54) is 0 Å². The highest BCUT2D eigenvalue weighted by Gasteiger charge is 2.14. The van der Waals surface area contributed by atoms with Gasteiger partial charge in [0.2, 0.25) is 0 Å². The minimum Gasteiger partial charge on any atom is -0.393 e. The third kappa shape index (κ3) is 3.06. The fourth-order valence-electron chi connectivity index (χ4n) is 1.26. The predicted octanol–water partition coefficient (Wildman–Crippen LogP) is 0.263. The Bertz CT molecular complexity index is 333. The monoisotopic (exact) mass is 211 g/mol. The molecule has 0 fully saturated rings. The number of rotatable bonds is 4. The zero-order chi connectivity index (χ0) is 11.4. The molecular weight excluding hydrogens is 194 g/mol. The summed E-state index contributed by atoms with van der Waals surface area (Å²) in [6.45, 7) is 2.25. The van der Waals surface area contributed by atoms with E-state index in [-0.39, 0.29) is 12.0 Å². The molecule has 0 aromatic carbocycles. The van der Waals surface area contributed by atoms with Gasteiger partial charge in [-0.1, -0.05) is 0 Å². The summed E-state index contributed by atoms with van der Waals surface area (Å²) >= 11 is 0. The molecule has 0 spiro atoms. The number of amides is 1. The quantitative estimate of drug-likeness (QED) is 0.777. The van der Waals surface area contributed by atoms with Crippen molar-refractivity contribution in [3.05, 3.63) is 18.0 Å². The van der Waals surface area contributed by atoms with Crippen LogP contribution in [0.15, 0.2) is 12.3 Å². The number of aliphatic hydroxyl groups is 1. The van der Waals surface area contributed by atoms with Crippen LogP contribution in [0.25, 0.3) is 0 Å². The lowest BCUT2D eigenvalue weighted by atomic mass is 10.2. The first kappa shape index (κ1) is 11.7. The summed E-state index contributed by atoms with van der Waals surface area (Å²) in [6, 6.07) is 1.68. The maximum atomic E-state index is 11.8. The van der Waals surface area contributed by atoms with Gasteiger partial charge in [-0.05, 0) is 19.4 Å². The first-order chi connectivity index (χ1) is 7.02. The van der Waals surface area contributed by atoms with Crippen LogP contribution in [0.4, 0.5) is 0 Å². The topological polar surface area (TPSA) is 58.4 Å². The van der Waals surface area contributed by atoms with Crippen LogP contribution < -0.4 is 0 Å². The van der Waals surface area contributed by atoms with Gasteiger partial charge < -0.3 is 10.0 Å². The average Bonchev–Trinajstić information content (AvgIpc) is 2.59. The molecule has 0 saturated carbocycles. The molecule has 5 heteroatoms. The predicted molar refractivity (Wildman–Crippen MR) is 56.5 cm³/mol. The summed E-state index contributed by atoms with van der Waals surface area (Å²) in [6.07, 6.45) is 1.79. The largest absolute Gasteiger partial charge is 0.393 e. The highest BCUT2D eigenvalue weighted by molar-refractivity contribution is 5.92. The zero-order valence-electron chi connectivity index (χ0n) is 9.34. The number of hydrogen-bond donors (Lipinski definition) is 1. The Hall–Kier alpha value is -1.36. The molecule has 15 heavy (non-hydrogen) atoms. The van der Waals surface area contributed by atoms with Crippen LogP contribution in [0.2, 0.25) is 0 Å². The lowest BCUT2D eigenvalue weighted by Gasteiger charge is -2.17. The molecule has 0 aliphatic heterocycles. The molecule has 1 N–H and O–H groups in total. The van der Waals surface area contributed by atoms with Crippen molar-refractivity contribution in [2.75, 3.05) is 13.6 Å². The maximum Gasteiger partial charge on any atom is 0.271 e. The molecule has 0 bridgehead atoms. The minimum absolute atomic E-state index is 0.0735. The molecule has 84 valence electrons. The number of aromatic nitrogens is 2. The van der Waals surface area contributed by atoms with E-state index >= 15 is 0 Å². The van der Waals surface area contributed by atoms with Gasteiger partial charge in [-0.15, -0.1) is 0 Å². The first-order valence-corrected chi connectivity index (χ1v) is 4.94. The summed E-state index contributed by atoms with van der Waals surface area (Å²) < 4.78 is 1.54. The normalized spacial score (nSPS) is 12.5. The highest BCUT2D eigenvalue weighted by Crippen LogP contribution is 2.03. The van der Waals surface area contributed by atoms with Crippen molar-refractivity contribution >= 4 is 5.91 Å². The zero-order valence-corrected chi connectivity index (χ0v) is 9.34. The first-order valence-electron chi connectivity index (χ1n) is 4.94. The van der Waals surface area contributed by atoms with Gasteiger partial charge in [0.05, 0.1) is 6.10 Å². The molecule has 0 saturated heterocycles. The van der Waals surface area contributed by atoms with Gasteiger partial charge in [-0.3, -0.25) is 9.48 Å². The van der Waals surface area contributed by atoms with E-state index in [0.29, 0.717) is 18.7 Å². The van der Waals surface area contributed by atoms with Crippen molar-refractivity contribution in [2.24, 2.45) is 7.05 Å². The van der Waals surface area contributed by atoms with Crippen LogP contribution in [0.1, 0.15) is 23.8 Å². The molecular formula is C10H17N3O2. The van der Waals surface area contributed by atoms with Gasteiger partial charge in [0.1, 0.15) is 5.69 Å². The molecule has 1 aromatic heterocycles. The Morgan fingerprint density at radius 3 is 2.87 bits per heavy atom. The van der Waals surface area contributed by atoms with Crippen molar-refractivity contribution in [1.29, 1.82) is 0 Å². The Balaban J connectivity index is 2.57. The Morgan fingerprint density at radius 1 is 1.73 bits per heavy atom. The van der Waals surface area contributed by atoms with Crippen LogP contribution in [0, 0.1) is 0 Å². The van der Waals surface area contributed by atoms with Crippen LogP contribution in [0.3, 0.4) is 0 Å². The number of carbonyl (C=O) groups excluding carboxylic acids is 1. The summed E-state index contributed by atoms with van der Waals surface area (Å²) in [7, 11) is 3.45. The molecule has 0 aliphatic carbocycles. The van der Waals surface area contributed by atoms with Crippen LogP contribution in [0.5, 0.6) is 0 Å². The van der Waals surface area contributed by atoms with Gasteiger partial charge in [0, 0.05) is 26.8 Å². The number of aliphatic hydroxyl groups excluding tert-OH is 1. The van der Waals surface area contributed by atoms with Crippen LogP contribution in [-0.2, 0) is 7.05 Å². The number of aryl methyl sites for hydroxylation is 1. The van der Waals surface area contributed by atoms with Crippen molar-refractivity contribution in [1.82, 2.24) is 14.7 Å². The van der Waals surface area contributed by atoms with Gasteiger partial charge in [0.15, 0.2) is 0 Å². The molecule has 1 rings (SSSR count). The maximum absolute atomic E-state index is 11.8. The molecule has 0 radical (unpaired) electrons. The van der Waals surface area contributed by atoms with Gasteiger partial charge in [0.25, 0.3) is 5.91 Å². The van der Waals surface area contributed by atoms with Crippen molar-refractivity contribution in [3.63, 3.8) is 0 Å². The molecule has 1 amide bonds. The van der Waals surface area contributed by atoms with Gasteiger partial charge in [-0.2, -0.15) is 5.10 Å². The van der Waals surface area contributed by atoms with E-state index in [1.54, 1.807) is 42.9 Å². The molecule has 5 nitrogen and oxygen atoms in total. The average molecular weight is 211 g/mol. The van der Waals surface area contributed by atoms with Gasteiger partial charge in [-0.25, -0.2) is 0 Å². The van der Waals surface area contributed by atoms with E-state index < -0.39 is 0 Å². The molecule has 0 aliphatic rings. The third-order valence-corrected chi connectivity index (χ3v) is 2.27. The number of nitrogens with zero attached hydrogens (tertiary/aromatic N) is 3. The second kappa shape index (κ2) is 4.93.